The molecule has 1 aliphatic rings. The summed E-state index contributed by atoms with van der Waals surface area (Å²) >= 11 is 0. The van der Waals surface area contributed by atoms with Crippen LogP contribution in [0.2, 0.25) is 0 Å². The number of amides is 1. The molecule has 1 fully saturated rings. The maximum atomic E-state index is 14.2. The Morgan fingerprint density at radius 1 is 1.05 bits per heavy atom. The van der Waals surface area contributed by atoms with Gasteiger partial charge in [0.15, 0.2) is 0 Å². The van der Waals surface area contributed by atoms with Crippen molar-refractivity contribution in [1.82, 2.24) is 25.6 Å². The highest BCUT2D eigenvalue weighted by molar-refractivity contribution is 5.69. The first-order chi connectivity index (χ1) is 20.8. The number of anilines is 2. The predicted octanol–water partition coefficient (Wildman–Crippen LogP) is 7.40. The summed E-state index contributed by atoms with van der Waals surface area (Å²) in [6.07, 6.45) is 2.75. The Balaban J connectivity index is 1.48. The summed E-state index contributed by atoms with van der Waals surface area (Å²) < 4.78 is 39.7. The number of hydrogen-bond acceptors (Lipinski definition) is 8. The summed E-state index contributed by atoms with van der Waals surface area (Å²) in [6.45, 7) is 13.1. The van der Waals surface area contributed by atoms with Crippen molar-refractivity contribution < 1.29 is 23.0 Å². The molecule has 44 heavy (non-hydrogen) atoms. The van der Waals surface area contributed by atoms with Crippen molar-refractivity contribution in [2.24, 2.45) is 5.92 Å². The second-order valence-electron chi connectivity index (χ2n) is 13.0. The zero-order chi connectivity index (χ0) is 31.9. The second kappa shape index (κ2) is 14.3. The molecule has 0 unspecified atom stereocenters. The van der Waals surface area contributed by atoms with Crippen LogP contribution in [0.15, 0.2) is 48.8 Å². The van der Waals surface area contributed by atoms with Crippen LogP contribution >= 0.6 is 0 Å². The quantitative estimate of drug-likeness (QED) is 0.206. The van der Waals surface area contributed by atoms with Gasteiger partial charge in [-0.15, -0.1) is 0 Å². The van der Waals surface area contributed by atoms with Crippen LogP contribution in [0.4, 0.5) is 25.2 Å². The molecule has 0 bridgehead atoms. The van der Waals surface area contributed by atoms with Gasteiger partial charge in [-0.2, -0.15) is 0 Å². The molecule has 3 aromatic heterocycles. The molecule has 238 valence electrons. The zero-order valence-corrected chi connectivity index (χ0v) is 26.4. The minimum atomic E-state index is -2.87. The maximum Gasteiger partial charge on any atom is 0.408 e. The lowest BCUT2D eigenvalue weighted by molar-refractivity contribution is 0.0404. The summed E-state index contributed by atoms with van der Waals surface area (Å²) in [4.78, 5) is 25.7. The lowest BCUT2D eigenvalue weighted by Gasteiger charge is -2.33. The maximum absolute atomic E-state index is 14.2. The molecular formula is C33H44F2N6O3. The highest BCUT2D eigenvalue weighted by atomic mass is 19.3. The lowest BCUT2D eigenvalue weighted by atomic mass is 9.91. The average molecular weight is 611 g/mol. The Labute approximate surface area is 258 Å². The number of carbonyl (C=O) groups is 1. The standard InChI is InChI=1S/C33H44F2N6O3/c1-21(2)18-33(6,41-31(42)44-32(3,4)5)20-43-26-9-8-25(39-29(26)30(34)35)23-13-16-37-28(17-23)40-27-10-7-24(19-38-27)22-11-14-36-15-12-22/h7-10,13,16-17,19,21-22,30,36H,11-12,14-15,18,20H2,1-6H3,(H,41,42)(H,37,38,40)/t33-/m0/s1. The van der Waals surface area contributed by atoms with Crippen LogP contribution in [0.5, 0.6) is 5.75 Å². The van der Waals surface area contributed by atoms with Gasteiger partial charge < -0.3 is 25.4 Å². The number of alkyl halides is 2. The molecular weight excluding hydrogens is 566 g/mol. The van der Waals surface area contributed by atoms with Gasteiger partial charge in [0, 0.05) is 18.0 Å². The minimum Gasteiger partial charge on any atom is -0.489 e. The second-order valence-corrected chi connectivity index (χ2v) is 13.0. The van der Waals surface area contributed by atoms with Crippen molar-refractivity contribution in [1.29, 1.82) is 0 Å². The number of rotatable bonds is 11. The molecule has 1 amide bonds. The monoisotopic (exact) mass is 610 g/mol. The first-order valence-electron chi connectivity index (χ1n) is 15.1. The third-order valence-corrected chi connectivity index (χ3v) is 7.21. The van der Waals surface area contributed by atoms with E-state index in [1.807, 2.05) is 33.0 Å². The number of hydrogen-bond donors (Lipinski definition) is 3. The molecule has 0 spiro atoms. The van der Waals surface area contributed by atoms with E-state index in [1.54, 1.807) is 45.2 Å². The van der Waals surface area contributed by atoms with Crippen molar-refractivity contribution in [2.45, 2.75) is 84.3 Å². The summed E-state index contributed by atoms with van der Waals surface area (Å²) in [5.41, 5.74) is 0.161. The molecule has 9 nitrogen and oxygen atoms in total. The van der Waals surface area contributed by atoms with Gasteiger partial charge in [-0.1, -0.05) is 19.9 Å². The van der Waals surface area contributed by atoms with Crippen LogP contribution in [-0.4, -0.2) is 51.9 Å². The SMILES string of the molecule is CC(C)C[C@@](C)(COc1ccc(-c2ccnc(Nc3ccc(C4CCNCC4)cn3)c2)nc1C(F)F)NC(=O)OC(C)(C)C. The van der Waals surface area contributed by atoms with E-state index in [4.69, 9.17) is 9.47 Å². The van der Waals surface area contributed by atoms with E-state index in [0.29, 0.717) is 35.2 Å². The fraction of sp³-hybridized carbons (Fsp3) is 0.515. The third-order valence-electron chi connectivity index (χ3n) is 7.21. The normalized spacial score (nSPS) is 15.6. The van der Waals surface area contributed by atoms with Crippen molar-refractivity contribution in [3.8, 4) is 17.0 Å². The Morgan fingerprint density at radius 3 is 2.43 bits per heavy atom. The largest absolute Gasteiger partial charge is 0.489 e. The molecule has 0 saturated carbocycles. The zero-order valence-electron chi connectivity index (χ0n) is 26.4. The van der Waals surface area contributed by atoms with Crippen LogP contribution in [0.25, 0.3) is 11.3 Å². The van der Waals surface area contributed by atoms with E-state index in [0.717, 1.165) is 25.9 Å². The van der Waals surface area contributed by atoms with Crippen LogP contribution < -0.4 is 20.7 Å². The van der Waals surface area contributed by atoms with Crippen molar-refractivity contribution in [2.75, 3.05) is 25.0 Å². The third kappa shape index (κ3) is 9.57. The van der Waals surface area contributed by atoms with Gasteiger partial charge in [0.25, 0.3) is 6.43 Å². The smallest absolute Gasteiger partial charge is 0.408 e. The number of aromatic nitrogens is 3. The highest BCUT2D eigenvalue weighted by Crippen LogP contribution is 2.32. The highest BCUT2D eigenvalue weighted by Gasteiger charge is 2.32. The molecule has 11 heteroatoms. The number of carbonyl (C=O) groups excluding carboxylic acids is 1. The lowest BCUT2D eigenvalue weighted by Crippen LogP contribution is -2.52. The molecule has 1 atom stereocenters. The van der Waals surface area contributed by atoms with Gasteiger partial charge in [-0.25, -0.2) is 28.5 Å². The first kappa shape index (κ1) is 33.0. The summed E-state index contributed by atoms with van der Waals surface area (Å²) in [5.74, 6) is 1.82. The minimum absolute atomic E-state index is 0.0437. The topological polar surface area (TPSA) is 110 Å². The summed E-state index contributed by atoms with van der Waals surface area (Å²) in [5, 5.41) is 9.44. The van der Waals surface area contributed by atoms with Gasteiger partial charge in [0.2, 0.25) is 0 Å². The Kier molecular flexibility index (Phi) is 10.7. The summed E-state index contributed by atoms with van der Waals surface area (Å²) in [7, 11) is 0. The van der Waals surface area contributed by atoms with Gasteiger partial charge in [0.05, 0.1) is 11.2 Å². The molecule has 1 aliphatic heterocycles. The number of halogens is 2. The molecule has 0 aromatic carbocycles. The van der Waals surface area contributed by atoms with Crippen LogP contribution in [0, 0.1) is 5.92 Å². The molecule has 0 radical (unpaired) electrons. The number of nitrogens with one attached hydrogen (secondary N) is 3. The molecule has 0 aliphatic carbocycles. The van der Waals surface area contributed by atoms with E-state index in [-0.39, 0.29) is 18.3 Å². The van der Waals surface area contributed by atoms with E-state index >= 15 is 0 Å². The Bertz CT molecular complexity index is 1390. The van der Waals surface area contributed by atoms with Crippen molar-refractivity contribution >= 4 is 17.7 Å². The Hall–Kier alpha value is -3.86. The fourth-order valence-corrected chi connectivity index (χ4v) is 5.40. The van der Waals surface area contributed by atoms with Gasteiger partial charge in [0.1, 0.15) is 35.3 Å². The van der Waals surface area contributed by atoms with Gasteiger partial charge in [-0.05, 0) is 108 Å². The number of alkyl carbamates (subject to hydrolysis) is 1. The first-order valence-corrected chi connectivity index (χ1v) is 15.1. The average Bonchev–Trinajstić information content (AvgIpc) is 2.95. The molecule has 4 rings (SSSR count). The van der Waals surface area contributed by atoms with Crippen molar-refractivity contribution in [3.05, 3.63) is 60.0 Å². The summed E-state index contributed by atoms with van der Waals surface area (Å²) in [6, 6.07) is 10.6. The fourth-order valence-electron chi connectivity index (χ4n) is 5.40. The van der Waals surface area contributed by atoms with Gasteiger partial charge >= 0.3 is 6.09 Å². The van der Waals surface area contributed by atoms with E-state index in [2.05, 4.69) is 37.0 Å². The number of pyridine rings is 3. The molecule has 4 heterocycles. The predicted molar refractivity (Wildman–Crippen MR) is 168 cm³/mol. The van der Waals surface area contributed by atoms with E-state index < -0.39 is 29.4 Å². The van der Waals surface area contributed by atoms with Gasteiger partial charge in [-0.3, -0.25) is 0 Å². The number of nitrogens with zero attached hydrogens (tertiary/aromatic N) is 3. The molecule has 1 saturated heterocycles. The van der Waals surface area contributed by atoms with Crippen LogP contribution in [-0.2, 0) is 4.74 Å². The van der Waals surface area contributed by atoms with E-state index in [1.165, 1.54) is 11.6 Å². The number of piperidine rings is 1. The van der Waals surface area contributed by atoms with E-state index in [9.17, 15) is 13.6 Å². The van der Waals surface area contributed by atoms with Crippen LogP contribution in [0.3, 0.4) is 0 Å². The van der Waals surface area contributed by atoms with Crippen LogP contribution in [0.1, 0.15) is 84.4 Å². The Morgan fingerprint density at radius 2 is 1.80 bits per heavy atom. The molecule has 3 aromatic rings. The van der Waals surface area contributed by atoms with Crippen molar-refractivity contribution in [3.63, 3.8) is 0 Å². The molecule has 3 N–H and O–H groups in total. The number of ether oxygens (including phenoxy) is 2.